The highest BCUT2D eigenvalue weighted by Crippen LogP contribution is 2.34. The third-order valence-electron chi connectivity index (χ3n) is 2.07. The fourth-order valence-corrected chi connectivity index (χ4v) is 1.56. The number of rotatable bonds is 1. The lowest BCUT2D eigenvalue weighted by Gasteiger charge is -2.14. The molecular formula is C11H11F3. The number of aryl methyl sites for hydroxylation is 2. The van der Waals surface area contributed by atoms with E-state index in [2.05, 4.69) is 6.58 Å². The fraction of sp³-hybridized carbons (Fsp3) is 0.273. The molecule has 1 rings (SSSR count). The quantitative estimate of drug-likeness (QED) is 0.643. The molecule has 0 aliphatic carbocycles. The smallest absolute Gasteiger partial charge is 0.166 e. The van der Waals surface area contributed by atoms with Crippen molar-refractivity contribution < 1.29 is 13.2 Å². The summed E-state index contributed by atoms with van der Waals surface area (Å²) in [6.45, 7) is 6.45. The van der Waals surface area contributed by atoms with E-state index in [-0.39, 0.29) is 11.1 Å². The molecule has 0 aromatic heterocycles. The molecule has 1 aromatic carbocycles. The van der Waals surface area contributed by atoms with Gasteiger partial charge < -0.3 is 0 Å². The zero-order chi connectivity index (χ0) is 10.9. The molecule has 0 heterocycles. The second-order valence-corrected chi connectivity index (χ2v) is 3.23. The maximum atomic E-state index is 12.5. The van der Waals surface area contributed by atoms with Gasteiger partial charge in [0.2, 0.25) is 0 Å². The second kappa shape index (κ2) is 3.48. The van der Waals surface area contributed by atoms with Crippen LogP contribution in [0, 0.1) is 13.8 Å². The molecule has 0 amide bonds. The van der Waals surface area contributed by atoms with Crippen molar-refractivity contribution in [3.8, 4) is 0 Å². The monoisotopic (exact) mass is 200 g/mol. The van der Waals surface area contributed by atoms with Crippen molar-refractivity contribution in [1.82, 2.24) is 0 Å². The van der Waals surface area contributed by atoms with Crippen LogP contribution in [-0.4, -0.2) is 0 Å². The van der Waals surface area contributed by atoms with Gasteiger partial charge in [0.1, 0.15) is 0 Å². The largest absolute Gasteiger partial charge is 0.416 e. The first kappa shape index (κ1) is 10.8. The van der Waals surface area contributed by atoms with Gasteiger partial charge in [0.25, 0.3) is 0 Å². The first-order chi connectivity index (χ1) is 6.36. The van der Waals surface area contributed by atoms with Crippen LogP contribution in [0.3, 0.4) is 0 Å². The number of benzene rings is 1. The van der Waals surface area contributed by atoms with Crippen LogP contribution in [0.2, 0.25) is 0 Å². The molecule has 0 radical (unpaired) electrons. The minimum atomic E-state index is -4.27. The molecule has 0 nitrogen and oxygen atoms in total. The molecule has 0 aliphatic heterocycles. The molecule has 76 valence electrons. The summed E-state index contributed by atoms with van der Waals surface area (Å²) in [5, 5.41) is 0. The van der Waals surface area contributed by atoms with Gasteiger partial charge in [0.15, 0.2) is 0 Å². The number of alkyl halides is 3. The van der Waals surface area contributed by atoms with Gasteiger partial charge in [-0.25, -0.2) is 0 Å². The van der Waals surface area contributed by atoms with Gasteiger partial charge in [-0.15, -0.1) is 0 Å². The molecule has 0 fully saturated rings. The van der Waals surface area contributed by atoms with Crippen molar-refractivity contribution in [3.63, 3.8) is 0 Å². The van der Waals surface area contributed by atoms with Gasteiger partial charge >= 0.3 is 6.18 Å². The molecule has 0 saturated heterocycles. The Morgan fingerprint density at radius 1 is 1.14 bits per heavy atom. The number of hydrogen-bond acceptors (Lipinski definition) is 0. The van der Waals surface area contributed by atoms with Gasteiger partial charge in [-0.3, -0.25) is 0 Å². The first-order valence-electron chi connectivity index (χ1n) is 4.17. The summed E-state index contributed by atoms with van der Waals surface area (Å²) in [5.74, 6) is 0. The Hall–Kier alpha value is -1.25. The Kier molecular flexibility index (Phi) is 2.69. The van der Waals surface area contributed by atoms with Crippen LogP contribution in [0.5, 0.6) is 0 Å². The average molecular weight is 200 g/mol. The molecule has 0 spiro atoms. The van der Waals surface area contributed by atoms with Gasteiger partial charge in [-0.2, -0.15) is 13.2 Å². The SMILES string of the molecule is C=Cc1cc(C)c(C(F)(F)F)c(C)c1. The number of halogens is 3. The Balaban J connectivity index is 3.40. The van der Waals surface area contributed by atoms with E-state index in [1.54, 1.807) is 6.08 Å². The molecule has 0 saturated carbocycles. The van der Waals surface area contributed by atoms with Crippen LogP contribution in [0.4, 0.5) is 13.2 Å². The van der Waals surface area contributed by atoms with E-state index in [0.29, 0.717) is 5.56 Å². The maximum Gasteiger partial charge on any atom is 0.416 e. The summed E-state index contributed by atoms with van der Waals surface area (Å²) in [4.78, 5) is 0. The fourth-order valence-electron chi connectivity index (χ4n) is 1.56. The zero-order valence-electron chi connectivity index (χ0n) is 8.07. The number of hydrogen-bond donors (Lipinski definition) is 0. The molecule has 0 atom stereocenters. The highest BCUT2D eigenvalue weighted by molar-refractivity contribution is 5.53. The van der Waals surface area contributed by atoms with E-state index in [9.17, 15) is 13.2 Å². The highest BCUT2D eigenvalue weighted by Gasteiger charge is 2.33. The molecular weight excluding hydrogens is 189 g/mol. The van der Waals surface area contributed by atoms with E-state index in [1.165, 1.54) is 26.0 Å². The minimum Gasteiger partial charge on any atom is -0.166 e. The van der Waals surface area contributed by atoms with E-state index in [1.807, 2.05) is 0 Å². The zero-order valence-corrected chi connectivity index (χ0v) is 8.07. The summed E-state index contributed by atoms with van der Waals surface area (Å²) in [6.07, 6.45) is -2.73. The van der Waals surface area contributed by atoms with Gasteiger partial charge in [0, 0.05) is 0 Å². The maximum absolute atomic E-state index is 12.5. The van der Waals surface area contributed by atoms with E-state index < -0.39 is 11.7 Å². The average Bonchev–Trinajstić information content (AvgIpc) is 1.99. The molecule has 0 N–H and O–H groups in total. The first-order valence-corrected chi connectivity index (χ1v) is 4.17. The van der Waals surface area contributed by atoms with Crippen LogP contribution < -0.4 is 0 Å². The lowest BCUT2D eigenvalue weighted by Crippen LogP contribution is -2.10. The Bertz CT molecular complexity index is 338. The van der Waals surface area contributed by atoms with Gasteiger partial charge in [-0.05, 0) is 30.5 Å². The molecule has 0 unspecified atom stereocenters. The van der Waals surface area contributed by atoms with E-state index in [0.717, 1.165) is 0 Å². The van der Waals surface area contributed by atoms with Crippen LogP contribution in [-0.2, 0) is 6.18 Å². The van der Waals surface area contributed by atoms with Crippen molar-refractivity contribution in [2.24, 2.45) is 0 Å². The van der Waals surface area contributed by atoms with Crippen molar-refractivity contribution in [2.75, 3.05) is 0 Å². The Morgan fingerprint density at radius 2 is 1.57 bits per heavy atom. The van der Waals surface area contributed by atoms with Crippen molar-refractivity contribution in [1.29, 1.82) is 0 Å². The van der Waals surface area contributed by atoms with Crippen LogP contribution in [0.15, 0.2) is 18.7 Å². The molecule has 0 aliphatic rings. The third kappa shape index (κ3) is 1.97. The second-order valence-electron chi connectivity index (χ2n) is 3.23. The highest BCUT2D eigenvalue weighted by atomic mass is 19.4. The Labute approximate surface area is 81.1 Å². The molecule has 14 heavy (non-hydrogen) atoms. The third-order valence-corrected chi connectivity index (χ3v) is 2.07. The predicted octanol–water partition coefficient (Wildman–Crippen LogP) is 3.97. The summed E-state index contributed by atoms with van der Waals surface area (Å²) < 4.78 is 37.6. The van der Waals surface area contributed by atoms with Crippen molar-refractivity contribution in [3.05, 3.63) is 41.0 Å². The van der Waals surface area contributed by atoms with Gasteiger partial charge in [-0.1, -0.05) is 24.8 Å². The summed E-state index contributed by atoms with van der Waals surface area (Å²) in [5.41, 5.74) is 0.663. The van der Waals surface area contributed by atoms with Crippen LogP contribution >= 0.6 is 0 Å². The summed E-state index contributed by atoms with van der Waals surface area (Å²) in [6, 6.07) is 2.98. The van der Waals surface area contributed by atoms with Crippen molar-refractivity contribution >= 4 is 6.08 Å². The molecule has 1 aromatic rings. The Morgan fingerprint density at radius 3 is 1.86 bits per heavy atom. The van der Waals surface area contributed by atoms with Crippen molar-refractivity contribution in [2.45, 2.75) is 20.0 Å². The topological polar surface area (TPSA) is 0 Å². The summed E-state index contributed by atoms with van der Waals surface area (Å²) in [7, 11) is 0. The molecule has 3 heteroatoms. The normalized spacial score (nSPS) is 11.5. The van der Waals surface area contributed by atoms with E-state index >= 15 is 0 Å². The molecule has 0 bridgehead atoms. The standard InChI is InChI=1S/C11H11F3/c1-4-9-5-7(2)10(8(3)6-9)11(12,13)14/h4-6H,1H2,2-3H3. The van der Waals surface area contributed by atoms with Crippen LogP contribution in [0.25, 0.3) is 6.08 Å². The van der Waals surface area contributed by atoms with E-state index in [4.69, 9.17) is 0 Å². The lowest BCUT2D eigenvalue weighted by atomic mass is 9.99. The lowest BCUT2D eigenvalue weighted by molar-refractivity contribution is -0.138. The predicted molar refractivity (Wildman–Crippen MR) is 51.0 cm³/mol. The van der Waals surface area contributed by atoms with Crippen LogP contribution in [0.1, 0.15) is 22.3 Å². The van der Waals surface area contributed by atoms with Gasteiger partial charge in [0.05, 0.1) is 5.56 Å². The minimum absolute atomic E-state index is 0.243. The summed E-state index contributed by atoms with van der Waals surface area (Å²) >= 11 is 0.